The Kier molecular flexibility index (Phi) is 2.49. The van der Waals surface area contributed by atoms with E-state index in [-0.39, 0.29) is 5.41 Å². The highest BCUT2D eigenvalue weighted by Gasteiger charge is 2.52. The van der Waals surface area contributed by atoms with Crippen molar-refractivity contribution in [2.75, 3.05) is 7.11 Å². The summed E-state index contributed by atoms with van der Waals surface area (Å²) in [5.74, 6) is 0.679. The number of fused-ring (bicyclic) bond motifs is 1. The monoisotopic (exact) mass is 244 g/mol. The van der Waals surface area contributed by atoms with E-state index in [1.54, 1.807) is 7.11 Å². The van der Waals surface area contributed by atoms with Gasteiger partial charge < -0.3 is 9.64 Å². The molecule has 0 spiro atoms. The maximum atomic E-state index is 8.34. The molecule has 18 heavy (non-hydrogen) atoms. The van der Waals surface area contributed by atoms with Gasteiger partial charge in [-0.3, -0.25) is 5.41 Å². The second kappa shape index (κ2) is 3.82. The van der Waals surface area contributed by atoms with E-state index >= 15 is 0 Å². The molecule has 1 saturated carbocycles. The standard InChI is InChI=1S/C15H20N2O/c1-15(2)12(8-13(15)18-3)17-9-10-6-4-5-7-11(10)14(17)16/h4-7,12-13,16H,8-9H2,1-3H3. The van der Waals surface area contributed by atoms with Crippen LogP contribution in [0.5, 0.6) is 0 Å². The lowest BCUT2D eigenvalue weighted by Crippen LogP contribution is -2.61. The summed E-state index contributed by atoms with van der Waals surface area (Å²) in [5.41, 5.74) is 2.50. The average molecular weight is 244 g/mol. The van der Waals surface area contributed by atoms with Gasteiger partial charge in [0.05, 0.1) is 6.10 Å². The fraction of sp³-hybridized carbons (Fsp3) is 0.533. The molecule has 1 aliphatic heterocycles. The molecule has 0 bridgehead atoms. The third kappa shape index (κ3) is 1.43. The first-order valence-corrected chi connectivity index (χ1v) is 6.52. The van der Waals surface area contributed by atoms with Gasteiger partial charge in [0.2, 0.25) is 0 Å². The third-order valence-corrected chi connectivity index (χ3v) is 4.69. The van der Waals surface area contributed by atoms with Gasteiger partial charge in [-0.1, -0.05) is 38.1 Å². The topological polar surface area (TPSA) is 36.3 Å². The molecule has 0 radical (unpaired) electrons. The lowest BCUT2D eigenvalue weighted by atomic mass is 9.63. The number of ether oxygens (including phenoxy) is 1. The fourth-order valence-corrected chi connectivity index (χ4v) is 3.37. The van der Waals surface area contributed by atoms with Crippen LogP contribution in [0.2, 0.25) is 0 Å². The van der Waals surface area contributed by atoms with Crippen LogP contribution in [0.3, 0.4) is 0 Å². The van der Waals surface area contributed by atoms with E-state index in [4.69, 9.17) is 10.1 Å². The molecule has 96 valence electrons. The van der Waals surface area contributed by atoms with Crippen molar-refractivity contribution in [3.05, 3.63) is 35.4 Å². The summed E-state index contributed by atoms with van der Waals surface area (Å²) >= 11 is 0. The molecule has 1 N–H and O–H groups in total. The van der Waals surface area contributed by atoms with Gasteiger partial charge in [-0.2, -0.15) is 0 Å². The molecule has 0 aromatic heterocycles. The summed E-state index contributed by atoms with van der Waals surface area (Å²) in [6, 6.07) is 8.67. The number of nitrogens with zero attached hydrogens (tertiary/aromatic N) is 1. The second-order valence-corrected chi connectivity index (χ2v) is 5.93. The summed E-state index contributed by atoms with van der Waals surface area (Å²) in [6.45, 7) is 5.36. The quantitative estimate of drug-likeness (QED) is 0.868. The third-order valence-electron chi connectivity index (χ3n) is 4.69. The van der Waals surface area contributed by atoms with Gasteiger partial charge in [0.1, 0.15) is 5.84 Å². The highest BCUT2D eigenvalue weighted by Crippen LogP contribution is 2.47. The first kappa shape index (κ1) is 11.7. The zero-order valence-electron chi connectivity index (χ0n) is 11.2. The lowest BCUT2D eigenvalue weighted by molar-refractivity contribution is -0.123. The number of nitrogens with one attached hydrogen (secondary N) is 1. The van der Waals surface area contributed by atoms with Crippen molar-refractivity contribution in [3.8, 4) is 0 Å². The van der Waals surface area contributed by atoms with Crippen molar-refractivity contribution in [1.82, 2.24) is 4.90 Å². The first-order chi connectivity index (χ1) is 8.55. The maximum absolute atomic E-state index is 8.34. The Hall–Kier alpha value is -1.35. The Balaban J connectivity index is 1.84. The molecule has 3 rings (SSSR count). The van der Waals surface area contributed by atoms with Gasteiger partial charge in [0.25, 0.3) is 0 Å². The van der Waals surface area contributed by atoms with Crippen molar-refractivity contribution < 1.29 is 4.74 Å². The van der Waals surface area contributed by atoms with Crippen LogP contribution in [0.25, 0.3) is 0 Å². The molecule has 1 aliphatic carbocycles. The number of rotatable bonds is 2. The summed E-state index contributed by atoms with van der Waals surface area (Å²) < 4.78 is 5.51. The van der Waals surface area contributed by atoms with Crippen molar-refractivity contribution in [1.29, 1.82) is 5.41 Å². The van der Waals surface area contributed by atoms with Crippen LogP contribution >= 0.6 is 0 Å². The molecule has 3 nitrogen and oxygen atoms in total. The SMILES string of the molecule is COC1CC(N2Cc3ccccc3C2=N)C1(C)C. The van der Waals surface area contributed by atoms with Crippen LogP contribution in [0.4, 0.5) is 0 Å². The molecule has 1 aromatic carbocycles. The predicted octanol–water partition coefficient (Wildman–Crippen LogP) is 2.64. The molecular formula is C15H20N2O. The second-order valence-electron chi connectivity index (χ2n) is 5.93. The van der Waals surface area contributed by atoms with Crippen LogP contribution in [-0.2, 0) is 11.3 Å². The highest BCUT2D eigenvalue weighted by molar-refractivity contribution is 6.00. The molecule has 1 aromatic rings. The molecule has 0 saturated heterocycles. The van der Waals surface area contributed by atoms with Gasteiger partial charge >= 0.3 is 0 Å². The minimum Gasteiger partial charge on any atom is -0.381 e. The van der Waals surface area contributed by atoms with Crippen LogP contribution in [-0.4, -0.2) is 30.0 Å². The Bertz CT molecular complexity index is 495. The van der Waals surface area contributed by atoms with E-state index in [2.05, 4.69) is 36.9 Å². The fourth-order valence-electron chi connectivity index (χ4n) is 3.37. The normalized spacial score (nSPS) is 29.1. The van der Waals surface area contributed by atoms with Gasteiger partial charge in [-0.05, 0) is 12.0 Å². The Labute approximate surface area is 108 Å². The van der Waals surface area contributed by atoms with Crippen LogP contribution < -0.4 is 0 Å². The Morgan fingerprint density at radius 1 is 1.33 bits per heavy atom. The van der Waals surface area contributed by atoms with E-state index in [9.17, 15) is 0 Å². The summed E-state index contributed by atoms with van der Waals surface area (Å²) in [5, 5.41) is 8.34. The van der Waals surface area contributed by atoms with Crippen molar-refractivity contribution in [2.45, 2.75) is 39.0 Å². The largest absolute Gasteiger partial charge is 0.381 e. The van der Waals surface area contributed by atoms with Crippen molar-refractivity contribution in [2.24, 2.45) is 5.41 Å². The maximum Gasteiger partial charge on any atom is 0.128 e. The smallest absolute Gasteiger partial charge is 0.128 e. The number of hydrogen-bond donors (Lipinski definition) is 1. The minimum atomic E-state index is 0.128. The van der Waals surface area contributed by atoms with E-state index in [1.165, 1.54) is 5.56 Å². The summed E-state index contributed by atoms with van der Waals surface area (Å²) in [4.78, 5) is 2.24. The number of benzene rings is 1. The highest BCUT2D eigenvalue weighted by atomic mass is 16.5. The van der Waals surface area contributed by atoms with Crippen molar-refractivity contribution >= 4 is 5.84 Å². The molecule has 1 heterocycles. The number of amidine groups is 1. The van der Waals surface area contributed by atoms with Gasteiger partial charge in [-0.25, -0.2) is 0 Å². The summed E-state index contributed by atoms with van der Waals surface area (Å²) in [7, 11) is 1.78. The number of methoxy groups -OCH3 is 1. The molecule has 1 fully saturated rings. The molecule has 3 heteroatoms. The van der Waals surface area contributed by atoms with E-state index in [0.29, 0.717) is 18.0 Å². The van der Waals surface area contributed by atoms with Crippen LogP contribution in [0.15, 0.2) is 24.3 Å². The zero-order valence-corrected chi connectivity index (χ0v) is 11.2. The van der Waals surface area contributed by atoms with Gasteiger partial charge in [0, 0.05) is 30.7 Å². The van der Waals surface area contributed by atoms with E-state index in [1.807, 2.05) is 6.07 Å². The van der Waals surface area contributed by atoms with Crippen LogP contribution in [0.1, 0.15) is 31.4 Å². The minimum absolute atomic E-state index is 0.128. The van der Waals surface area contributed by atoms with E-state index in [0.717, 1.165) is 18.5 Å². The predicted molar refractivity (Wildman–Crippen MR) is 71.8 cm³/mol. The molecule has 2 atom stereocenters. The Morgan fingerprint density at radius 2 is 2.06 bits per heavy atom. The van der Waals surface area contributed by atoms with E-state index < -0.39 is 0 Å². The number of hydrogen-bond acceptors (Lipinski definition) is 2. The van der Waals surface area contributed by atoms with Crippen LogP contribution in [0, 0.1) is 10.8 Å². The van der Waals surface area contributed by atoms with Gasteiger partial charge in [0.15, 0.2) is 0 Å². The average Bonchev–Trinajstić information content (AvgIpc) is 2.67. The van der Waals surface area contributed by atoms with Gasteiger partial charge in [-0.15, -0.1) is 0 Å². The summed E-state index contributed by atoms with van der Waals surface area (Å²) in [6.07, 6.45) is 1.35. The molecule has 2 unspecified atom stereocenters. The molecule has 0 amide bonds. The molecular weight excluding hydrogens is 224 g/mol. The first-order valence-electron chi connectivity index (χ1n) is 6.52. The zero-order chi connectivity index (χ0) is 12.9. The lowest BCUT2D eigenvalue weighted by Gasteiger charge is -2.55. The Morgan fingerprint density at radius 3 is 2.67 bits per heavy atom. The van der Waals surface area contributed by atoms with Crippen molar-refractivity contribution in [3.63, 3.8) is 0 Å². The molecule has 2 aliphatic rings.